The Morgan fingerprint density at radius 3 is 2.77 bits per heavy atom. The number of nitro groups is 1. The predicted molar refractivity (Wildman–Crippen MR) is 48.7 cm³/mol. The minimum atomic E-state index is -0.613. The van der Waals surface area contributed by atoms with Crippen molar-refractivity contribution in [1.82, 2.24) is 4.98 Å². The van der Waals surface area contributed by atoms with Crippen LogP contribution in [0, 0.1) is 17.0 Å². The lowest BCUT2D eigenvalue weighted by atomic mass is 10.2. The normalized spacial score (nSPS) is 9.69. The third-order valence-corrected chi connectivity index (χ3v) is 1.88. The minimum Gasteiger partial charge on any atom is -0.296 e. The SMILES string of the molecule is Cc1cc(Br)nc(C=O)c1[N+](=O)[O-]. The molecule has 13 heavy (non-hydrogen) atoms. The second-order valence-electron chi connectivity index (χ2n) is 2.37. The number of aldehydes is 1. The summed E-state index contributed by atoms with van der Waals surface area (Å²) in [6, 6.07) is 1.49. The van der Waals surface area contributed by atoms with Gasteiger partial charge in [0, 0.05) is 5.56 Å². The van der Waals surface area contributed by atoms with E-state index in [1.54, 1.807) is 6.92 Å². The molecule has 1 heterocycles. The molecule has 0 fully saturated rings. The van der Waals surface area contributed by atoms with Gasteiger partial charge in [-0.25, -0.2) is 4.98 Å². The number of carbonyl (C=O) groups excluding carboxylic acids is 1. The zero-order valence-electron chi connectivity index (χ0n) is 6.65. The van der Waals surface area contributed by atoms with E-state index >= 15 is 0 Å². The van der Waals surface area contributed by atoms with Crippen molar-refractivity contribution in [1.29, 1.82) is 0 Å². The summed E-state index contributed by atoms with van der Waals surface area (Å²) < 4.78 is 0.415. The van der Waals surface area contributed by atoms with Crippen molar-refractivity contribution in [3.8, 4) is 0 Å². The highest BCUT2D eigenvalue weighted by molar-refractivity contribution is 9.10. The maximum absolute atomic E-state index is 10.5. The maximum Gasteiger partial charge on any atom is 0.301 e. The molecule has 0 N–H and O–H groups in total. The Morgan fingerprint density at radius 2 is 2.31 bits per heavy atom. The number of aryl methyl sites for hydroxylation is 1. The van der Waals surface area contributed by atoms with Crippen molar-refractivity contribution in [3.63, 3.8) is 0 Å². The number of halogens is 1. The van der Waals surface area contributed by atoms with Gasteiger partial charge in [0.1, 0.15) is 4.60 Å². The van der Waals surface area contributed by atoms with E-state index in [2.05, 4.69) is 20.9 Å². The topological polar surface area (TPSA) is 73.1 Å². The van der Waals surface area contributed by atoms with E-state index in [1.807, 2.05) is 0 Å². The zero-order valence-corrected chi connectivity index (χ0v) is 8.24. The first-order chi connectivity index (χ1) is 6.06. The molecule has 0 amide bonds. The van der Waals surface area contributed by atoms with Crippen LogP contribution in [0.2, 0.25) is 0 Å². The molecule has 0 saturated carbocycles. The Balaban J connectivity index is 3.47. The Bertz CT molecular complexity index is 378. The predicted octanol–water partition coefficient (Wildman–Crippen LogP) is 1.87. The Hall–Kier alpha value is -1.30. The molecule has 0 spiro atoms. The van der Waals surface area contributed by atoms with Gasteiger partial charge in [-0.05, 0) is 28.9 Å². The van der Waals surface area contributed by atoms with E-state index in [9.17, 15) is 14.9 Å². The zero-order chi connectivity index (χ0) is 10.0. The Labute approximate surface area is 82.1 Å². The lowest BCUT2D eigenvalue weighted by molar-refractivity contribution is -0.385. The van der Waals surface area contributed by atoms with Crippen LogP contribution in [0.3, 0.4) is 0 Å². The number of pyridine rings is 1. The van der Waals surface area contributed by atoms with Crippen molar-refractivity contribution in [3.05, 3.63) is 32.0 Å². The van der Waals surface area contributed by atoms with Gasteiger partial charge in [-0.2, -0.15) is 0 Å². The van der Waals surface area contributed by atoms with Gasteiger partial charge >= 0.3 is 5.69 Å². The number of rotatable bonds is 2. The number of carbonyl (C=O) groups is 1. The standard InChI is InChI=1S/C7H5BrN2O3/c1-4-2-6(8)9-5(3-11)7(4)10(12)13/h2-3H,1H3. The quantitative estimate of drug-likeness (QED) is 0.345. The van der Waals surface area contributed by atoms with Gasteiger partial charge in [0.25, 0.3) is 0 Å². The van der Waals surface area contributed by atoms with Crippen LogP contribution in [0.25, 0.3) is 0 Å². The first-order valence-corrected chi connectivity index (χ1v) is 4.12. The molecular formula is C7H5BrN2O3. The van der Waals surface area contributed by atoms with Crippen LogP contribution in [-0.4, -0.2) is 16.2 Å². The molecule has 0 saturated heterocycles. The van der Waals surface area contributed by atoms with E-state index in [-0.39, 0.29) is 11.4 Å². The van der Waals surface area contributed by atoms with E-state index in [4.69, 9.17) is 0 Å². The molecule has 0 aromatic carbocycles. The fourth-order valence-electron chi connectivity index (χ4n) is 0.969. The fraction of sp³-hybridized carbons (Fsp3) is 0.143. The van der Waals surface area contributed by atoms with Gasteiger partial charge < -0.3 is 0 Å². The first-order valence-electron chi connectivity index (χ1n) is 3.33. The van der Waals surface area contributed by atoms with Crippen LogP contribution in [0.5, 0.6) is 0 Å². The highest BCUT2D eigenvalue weighted by Gasteiger charge is 2.18. The highest BCUT2D eigenvalue weighted by Crippen LogP contribution is 2.23. The molecule has 0 aliphatic heterocycles. The van der Waals surface area contributed by atoms with E-state index < -0.39 is 4.92 Å². The van der Waals surface area contributed by atoms with Crippen LogP contribution in [0.4, 0.5) is 5.69 Å². The molecule has 0 aliphatic carbocycles. The van der Waals surface area contributed by atoms with Gasteiger partial charge in [0.2, 0.25) is 0 Å². The molecule has 1 aromatic rings. The molecule has 68 valence electrons. The lowest BCUT2D eigenvalue weighted by Crippen LogP contribution is -2.00. The molecule has 0 unspecified atom stereocenters. The molecule has 6 heteroatoms. The summed E-state index contributed by atoms with van der Waals surface area (Å²) in [6.07, 6.45) is 0.371. The number of nitrogens with zero attached hydrogens (tertiary/aromatic N) is 2. The summed E-state index contributed by atoms with van der Waals surface area (Å²) in [4.78, 5) is 24.0. The number of hydrogen-bond donors (Lipinski definition) is 0. The first kappa shape index (κ1) is 9.79. The molecule has 0 aliphatic rings. The number of hydrogen-bond acceptors (Lipinski definition) is 4. The molecular weight excluding hydrogens is 240 g/mol. The number of aromatic nitrogens is 1. The minimum absolute atomic E-state index is 0.156. The van der Waals surface area contributed by atoms with Crippen molar-refractivity contribution in [2.45, 2.75) is 6.92 Å². The smallest absolute Gasteiger partial charge is 0.296 e. The summed E-state index contributed by atoms with van der Waals surface area (Å²) in [6.45, 7) is 1.55. The van der Waals surface area contributed by atoms with E-state index in [0.29, 0.717) is 16.5 Å². The van der Waals surface area contributed by atoms with Crippen molar-refractivity contribution < 1.29 is 9.72 Å². The maximum atomic E-state index is 10.5. The summed E-state index contributed by atoms with van der Waals surface area (Å²) in [5, 5.41) is 10.5. The summed E-state index contributed by atoms with van der Waals surface area (Å²) in [5.41, 5.74) is 0.0176. The average Bonchev–Trinajstić information content (AvgIpc) is 2.01. The second kappa shape index (κ2) is 3.61. The second-order valence-corrected chi connectivity index (χ2v) is 3.18. The van der Waals surface area contributed by atoms with Crippen LogP contribution >= 0.6 is 15.9 Å². The van der Waals surface area contributed by atoms with Crippen molar-refractivity contribution in [2.75, 3.05) is 0 Å². The Morgan fingerprint density at radius 1 is 1.69 bits per heavy atom. The van der Waals surface area contributed by atoms with E-state index in [0.717, 1.165) is 0 Å². The summed E-state index contributed by atoms with van der Waals surface area (Å²) >= 11 is 3.04. The summed E-state index contributed by atoms with van der Waals surface area (Å²) in [5.74, 6) is 0. The third kappa shape index (κ3) is 1.89. The van der Waals surface area contributed by atoms with Gasteiger partial charge in [0.05, 0.1) is 4.92 Å². The fourth-order valence-corrected chi connectivity index (χ4v) is 1.50. The Kier molecular flexibility index (Phi) is 2.72. The van der Waals surface area contributed by atoms with Gasteiger partial charge in [-0.15, -0.1) is 0 Å². The molecule has 1 aromatic heterocycles. The highest BCUT2D eigenvalue weighted by atomic mass is 79.9. The largest absolute Gasteiger partial charge is 0.301 e. The molecule has 0 bridgehead atoms. The van der Waals surface area contributed by atoms with Crippen LogP contribution in [0.15, 0.2) is 10.7 Å². The summed E-state index contributed by atoms with van der Waals surface area (Å²) in [7, 11) is 0. The van der Waals surface area contributed by atoms with Crippen molar-refractivity contribution in [2.24, 2.45) is 0 Å². The van der Waals surface area contributed by atoms with Crippen LogP contribution < -0.4 is 0 Å². The average molecular weight is 245 g/mol. The van der Waals surface area contributed by atoms with E-state index in [1.165, 1.54) is 6.07 Å². The third-order valence-electron chi connectivity index (χ3n) is 1.47. The molecule has 0 radical (unpaired) electrons. The molecule has 1 rings (SSSR count). The van der Waals surface area contributed by atoms with Crippen molar-refractivity contribution >= 4 is 27.9 Å². The van der Waals surface area contributed by atoms with Crippen LogP contribution in [-0.2, 0) is 0 Å². The molecule has 5 nitrogen and oxygen atoms in total. The van der Waals surface area contributed by atoms with Crippen LogP contribution in [0.1, 0.15) is 16.1 Å². The lowest BCUT2D eigenvalue weighted by Gasteiger charge is -1.99. The van der Waals surface area contributed by atoms with Gasteiger partial charge in [-0.3, -0.25) is 14.9 Å². The monoisotopic (exact) mass is 244 g/mol. The van der Waals surface area contributed by atoms with Gasteiger partial charge in [0.15, 0.2) is 12.0 Å². The van der Waals surface area contributed by atoms with Gasteiger partial charge in [-0.1, -0.05) is 0 Å². The molecule has 0 atom stereocenters.